The van der Waals surface area contributed by atoms with E-state index in [2.05, 4.69) is 29.9 Å². The quantitative estimate of drug-likeness (QED) is 0.646. The van der Waals surface area contributed by atoms with Gasteiger partial charge in [0.2, 0.25) is 0 Å². The molecule has 0 saturated heterocycles. The lowest BCUT2D eigenvalue weighted by molar-refractivity contribution is 0.142. The summed E-state index contributed by atoms with van der Waals surface area (Å²) in [5.74, 6) is 0.616. The molecule has 2 aromatic carbocycles. The van der Waals surface area contributed by atoms with Gasteiger partial charge >= 0.3 is 0 Å². The number of hydrogen-bond donors (Lipinski definition) is 1. The molecule has 5 heteroatoms. The van der Waals surface area contributed by atoms with Crippen LogP contribution >= 0.6 is 0 Å². The van der Waals surface area contributed by atoms with Crippen LogP contribution in [0.25, 0.3) is 22.2 Å². The van der Waals surface area contributed by atoms with Crippen LogP contribution in [0.15, 0.2) is 36.4 Å². The standard InChI is InChI=1S/C19H20F2N2O/c1-3-9-24-17-8-6-13(10-12(17)4-2)14-5-7-15-16(11-14)23-19(22-15)18(20)21/h5-8,10-11,18H,3-4,9H2,1-2H3,(H,22,23). The number of benzene rings is 2. The summed E-state index contributed by atoms with van der Waals surface area (Å²) in [4.78, 5) is 6.59. The van der Waals surface area contributed by atoms with E-state index in [1.165, 1.54) is 0 Å². The van der Waals surface area contributed by atoms with Gasteiger partial charge in [0.1, 0.15) is 5.75 Å². The van der Waals surface area contributed by atoms with Crippen molar-refractivity contribution in [2.24, 2.45) is 0 Å². The van der Waals surface area contributed by atoms with E-state index in [0.29, 0.717) is 17.6 Å². The highest BCUT2D eigenvalue weighted by Crippen LogP contribution is 2.30. The van der Waals surface area contributed by atoms with Gasteiger partial charge in [0.05, 0.1) is 17.6 Å². The third-order valence-electron chi connectivity index (χ3n) is 3.94. The first kappa shape index (κ1) is 16.4. The Morgan fingerprint density at radius 1 is 1.08 bits per heavy atom. The molecular weight excluding hydrogens is 310 g/mol. The lowest BCUT2D eigenvalue weighted by Crippen LogP contribution is -1.98. The second kappa shape index (κ2) is 6.99. The van der Waals surface area contributed by atoms with Gasteiger partial charge in [-0.15, -0.1) is 0 Å². The molecule has 0 atom stereocenters. The first-order valence-electron chi connectivity index (χ1n) is 8.16. The van der Waals surface area contributed by atoms with E-state index in [1.54, 1.807) is 6.07 Å². The van der Waals surface area contributed by atoms with Crippen LogP contribution in [-0.2, 0) is 6.42 Å². The highest BCUT2D eigenvalue weighted by atomic mass is 19.3. The second-order valence-corrected chi connectivity index (χ2v) is 5.68. The Labute approximate surface area is 139 Å². The molecule has 0 radical (unpaired) electrons. The lowest BCUT2D eigenvalue weighted by atomic mass is 10.0. The maximum atomic E-state index is 12.8. The Hall–Kier alpha value is -2.43. The average molecular weight is 330 g/mol. The van der Waals surface area contributed by atoms with Crippen molar-refractivity contribution in [2.45, 2.75) is 33.1 Å². The number of nitrogens with one attached hydrogen (secondary N) is 1. The van der Waals surface area contributed by atoms with Gasteiger partial charge in [-0.1, -0.05) is 26.0 Å². The van der Waals surface area contributed by atoms with Crippen LogP contribution in [0, 0.1) is 0 Å². The number of halogens is 2. The van der Waals surface area contributed by atoms with E-state index < -0.39 is 6.43 Å². The van der Waals surface area contributed by atoms with Crippen LogP contribution in [0.2, 0.25) is 0 Å². The van der Waals surface area contributed by atoms with Crippen molar-refractivity contribution in [1.29, 1.82) is 0 Å². The zero-order chi connectivity index (χ0) is 17.1. The Morgan fingerprint density at radius 3 is 2.54 bits per heavy atom. The van der Waals surface area contributed by atoms with Crippen molar-refractivity contribution in [1.82, 2.24) is 9.97 Å². The monoisotopic (exact) mass is 330 g/mol. The zero-order valence-electron chi connectivity index (χ0n) is 13.8. The molecule has 1 aromatic heterocycles. The van der Waals surface area contributed by atoms with E-state index in [4.69, 9.17) is 4.74 Å². The molecule has 0 unspecified atom stereocenters. The van der Waals surface area contributed by atoms with Gasteiger partial charge in [-0.2, -0.15) is 0 Å². The van der Waals surface area contributed by atoms with Crippen molar-refractivity contribution in [3.63, 3.8) is 0 Å². The van der Waals surface area contributed by atoms with Crippen LogP contribution in [0.4, 0.5) is 8.78 Å². The van der Waals surface area contributed by atoms with Crippen molar-refractivity contribution in [3.05, 3.63) is 47.8 Å². The largest absolute Gasteiger partial charge is 0.493 e. The molecule has 126 valence electrons. The lowest BCUT2D eigenvalue weighted by Gasteiger charge is -2.12. The summed E-state index contributed by atoms with van der Waals surface area (Å²) in [5, 5.41) is 0. The number of H-pyrrole nitrogens is 1. The minimum absolute atomic E-state index is 0.292. The number of alkyl halides is 2. The SMILES string of the molecule is CCCOc1ccc(-c2ccc3nc(C(F)F)[nH]c3c2)cc1CC. The van der Waals surface area contributed by atoms with Crippen LogP contribution in [0.3, 0.4) is 0 Å². The molecule has 0 aliphatic heterocycles. The highest BCUT2D eigenvalue weighted by Gasteiger charge is 2.13. The predicted molar refractivity (Wildman–Crippen MR) is 91.7 cm³/mol. The molecule has 3 nitrogen and oxygen atoms in total. The minimum atomic E-state index is -2.59. The summed E-state index contributed by atoms with van der Waals surface area (Å²) in [5.41, 5.74) is 4.30. The topological polar surface area (TPSA) is 37.9 Å². The number of aryl methyl sites for hydroxylation is 1. The number of aromatic nitrogens is 2. The number of ether oxygens (including phenoxy) is 1. The van der Waals surface area contributed by atoms with E-state index in [0.717, 1.165) is 35.3 Å². The summed E-state index contributed by atoms with van der Waals surface area (Å²) in [6.45, 7) is 4.86. The van der Waals surface area contributed by atoms with Crippen LogP contribution < -0.4 is 4.74 Å². The number of fused-ring (bicyclic) bond motifs is 1. The van der Waals surface area contributed by atoms with Crippen LogP contribution in [0.1, 0.15) is 38.1 Å². The molecule has 3 aromatic rings. The molecule has 0 saturated carbocycles. The van der Waals surface area contributed by atoms with Crippen molar-refractivity contribution >= 4 is 11.0 Å². The third-order valence-corrected chi connectivity index (χ3v) is 3.94. The Bertz CT molecular complexity index is 842. The van der Waals surface area contributed by atoms with Gasteiger partial charge in [0, 0.05) is 0 Å². The molecule has 24 heavy (non-hydrogen) atoms. The van der Waals surface area contributed by atoms with Gasteiger partial charge in [0.25, 0.3) is 6.43 Å². The molecule has 3 rings (SSSR count). The van der Waals surface area contributed by atoms with Gasteiger partial charge < -0.3 is 9.72 Å². The Morgan fingerprint density at radius 2 is 1.83 bits per heavy atom. The minimum Gasteiger partial charge on any atom is -0.493 e. The number of nitrogens with zero attached hydrogens (tertiary/aromatic N) is 1. The van der Waals surface area contributed by atoms with Crippen LogP contribution in [0.5, 0.6) is 5.75 Å². The Kier molecular flexibility index (Phi) is 4.79. The first-order chi connectivity index (χ1) is 11.6. The van der Waals surface area contributed by atoms with Gasteiger partial charge in [-0.3, -0.25) is 0 Å². The van der Waals surface area contributed by atoms with Crippen LogP contribution in [-0.4, -0.2) is 16.6 Å². The number of imidazole rings is 1. The van der Waals surface area contributed by atoms with Gasteiger partial charge in [0.15, 0.2) is 5.82 Å². The van der Waals surface area contributed by atoms with E-state index >= 15 is 0 Å². The summed E-state index contributed by atoms with van der Waals surface area (Å²) in [6, 6.07) is 11.6. The molecule has 0 amide bonds. The van der Waals surface area contributed by atoms with E-state index in [1.807, 2.05) is 24.3 Å². The van der Waals surface area contributed by atoms with Crippen molar-refractivity contribution in [2.75, 3.05) is 6.61 Å². The molecule has 0 fully saturated rings. The average Bonchev–Trinajstić information content (AvgIpc) is 3.03. The molecule has 0 aliphatic carbocycles. The van der Waals surface area contributed by atoms with Crippen molar-refractivity contribution in [3.8, 4) is 16.9 Å². The maximum absolute atomic E-state index is 12.8. The predicted octanol–water partition coefficient (Wildman–Crippen LogP) is 5.52. The smallest absolute Gasteiger partial charge is 0.295 e. The van der Waals surface area contributed by atoms with Gasteiger partial charge in [-0.25, -0.2) is 13.8 Å². The number of hydrogen-bond acceptors (Lipinski definition) is 2. The zero-order valence-corrected chi connectivity index (χ0v) is 13.8. The molecule has 0 aliphatic rings. The fourth-order valence-corrected chi connectivity index (χ4v) is 2.70. The van der Waals surface area contributed by atoms with E-state index in [9.17, 15) is 8.78 Å². The summed E-state index contributed by atoms with van der Waals surface area (Å²) >= 11 is 0. The number of aromatic amines is 1. The summed E-state index contributed by atoms with van der Waals surface area (Å²) in [6.07, 6.45) is -0.759. The molecular formula is C19H20F2N2O. The normalized spacial score (nSPS) is 11.4. The van der Waals surface area contributed by atoms with Crippen molar-refractivity contribution < 1.29 is 13.5 Å². The summed E-state index contributed by atoms with van der Waals surface area (Å²) < 4.78 is 31.3. The van der Waals surface area contributed by atoms with E-state index in [-0.39, 0.29) is 5.82 Å². The first-order valence-corrected chi connectivity index (χ1v) is 8.16. The molecule has 1 N–H and O–H groups in total. The molecule has 0 spiro atoms. The Balaban J connectivity index is 1.97. The van der Waals surface area contributed by atoms with Gasteiger partial charge in [-0.05, 0) is 53.8 Å². The molecule has 0 bridgehead atoms. The fraction of sp³-hybridized carbons (Fsp3) is 0.316. The maximum Gasteiger partial charge on any atom is 0.295 e. The highest BCUT2D eigenvalue weighted by molar-refractivity contribution is 5.82. The molecule has 1 heterocycles. The summed E-state index contributed by atoms with van der Waals surface area (Å²) in [7, 11) is 0. The number of rotatable bonds is 6. The fourth-order valence-electron chi connectivity index (χ4n) is 2.70. The second-order valence-electron chi connectivity index (χ2n) is 5.68. The third kappa shape index (κ3) is 3.25.